The van der Waals surface area contributed by atoms with Crippen LogP contribution in [0.4, 0.5) is 5.13 Å². The molecule has 7 nitrogen and oxygen atoms in total. The second-order valence-corrected chi connectivity index (χ2v) is 7.18. The van der Waals surface area contributed by atoms with Gasteiger partial charge in [-0.2, -0.15) is 5.10 Å². The summed E-state index contributed by atoms with van der Waals surface area (Å²) < 4.78 is 0.774. The molecule has 1 amide bonds. The average molecular weight is 361 g/mol. The molecule has 0 saturated heterocycles. The van der Waals surface area contributed by atoms with E-state index in [-0.39, 0.29) is 17.4 Å². The Bertz CT molecular complexity index is 903. The summed E-state index contributed by atoms with van der Waals surface area (Å²) in [5.41, 5.74) is 3.39. The van der Waals surface area contributed by atoms with Crippen LogP contribution >= 0.6 is 23.1 Å². The normalized spacial score (nSPS) is 10.8. The quantitative estimate of drug-likeness (QED) is 0.487. The highest BCUT2D eigenvalue weighted by atomic mass is 32.2. The second kappa shape index (κ2) is 6.62. The lowest BCUT2D eigenvalue weighted by Crippen LogP contribution is -2.12. The van der Waals surface area contributed by atoms with Crippen molar-refractivity contribution in [2.45, 2.75) is 18.2 Å². The van der Waals surface area contributed by atoms with Crippen LogP contribution in [-0.4, -0.2) is 37.7 Å². The zero-order valence-electron chi connectivity index (χ0n) is 13.2. The molecule has 3 rings (SSSR count). The first-order chi connectivity index (χ1) is 11.5. The van der Waals surface area contributed by atoms with Gasteiger partial charge in [-0.25, -0.2) is 0 Å². The third-order valence-corrected chi connectivity index (χ3v) is 5.33. The van der Waals surface area contributed by atoms with E-state index in [0.717, 1.165) is 15.5 Å². The summed E-state index contributed by atoms with van der Waals surface area (Å²) in [7, 11) is 0. The van der Waals surface area contributed by atoms with Crippen LogP contribution in [0.25, 0.3) is 11.3 Å². The summed E-state index contributed by atoms with van der Waals surface area (Å²) in [5.74, 6) is -0.230. The molecule has 0 unspecified atom stereocenters. The average Bonchev–Trinajstić information content (AvgIpc) is 3.20. The number of aromatic hydroxyl groups is 1. The molecule has 0 aliphatic carbocycles. The van der Waals surface area contributed by atoms with Crippen molar-refractivity contribution in [3.63, 3.8) is 0 Å². The largest absolute Gasteiger partial charge is 0.507 e. The number of carbonyl (C=O) groups is 1. The Kier molecular flexibility index (Phi) is 4.54. The zero-order chi connectivity index (χ0) is 17.3. The van der Waals surface area contributed by atoms with Crippen LogP contribution in [0.3, 0.4) is 0 Å². The molecule has 0 radical (unpaired) electrons. The Hall–Kier alpha value is -2.39. The lowest BCUT2D eigenvalue weighted by molar-refractivity contribution is 0.102. The third kappa shape index (κ3) is 3.26. The van der Waals surface area contributed by atoms with Crippen LogP contribution < -0.4 is 5.32 Å². The van der Waals surface area contributed by atoms with Crippen LogP contribution in [0, 0.1) is 13.8 Å². The van der Waals surface area contributed by atoms with Gasteiger partial charge in [0, 0.05) is 5.56 Å². The van der Waals surface area contributed by atoms with E-state index in [1.54, 1.807) is 12.1 Å². The minimum atomic E-state index is -0.360. The molecule has 0 aliphatic heterocycles. The van der Waals surface area contributed by atoms with Crippen molar-refractivity contribution in [3.8, 4) is 17.0 Å². The van der Waals surface area contributed by atoms with Gasteiger partial charge in [0.2, 0.25) is 5.13 Å². The molecule has 24 heavy (non-hydrogen) atoms. The number of hydrogen-bond donors (Lipinski definition) is 3. The van der Waals surface area contributed by atoms with Gasteiger partial charge in [-0.3, -0.25) is 15.2 Å². The molecular formula is C15H15N5O2S2. The molecule has 3 N–H and O–H groups in total. The predicted molar refractivity (Wildman–Crippen MR) is 94.8 cm³/mol. The Morgan fingerprint density at radius 2 is 2.00 bits per heavy atom. The highest BCUT2D eigenvalue weighted by molar-refractivity contribution is 8.00. The van der Waals surface area contributed by atoms with Gasteiger partial charge in [-0.05, 0) is 49.4 Å². The van der Waals surface area contributed by atoms with E-state index in [9.17, 15) is 9.90 Å². The third-order valence-electron chi connectivity index (χ3n) is 3.51. The van der Waals surface area contributed by atoms with Crippen molar-refractivity contribution in [3.05, 3.63) is 35.0 Å². The van der Waals surface area contributed by atoms with Gasteiger partial charge in [-0.1, -0.05) is 23.1 Å². The lowest BCUT2D eigenvalue weighted by atomic mass is 10.0. The summed E-state index contributed by atoms with van der Waals surface area (Å²) in [6, 6.07) is 5.12. The molecule has 0 atom stereocenters. The van der Waals surface area contributed by atoms with Gasteiger partial charge in [0.15, 0.2) is 4.34 Å². The summed E-state index contributed by atoms with van der Waals surface area (Å²) >= 11 is 2.76. The smallest absolute Gasteiger partial charge is 0.275 e. The Morgan fingerprint density at radius 1 is 1.25 bits per heavy atom. The number of benzene rings is 1. The monoisotopic (exact) mass is 361 g/mol. The van der Waals surface area contributed by atoms with Crippen molar-refractivity contribution >= 4 is 34.1 Å². The van der Waals surface area contributed by atoms with Gasteiger partial charge in [0.25, 0.3) is 5.91 Å². The number of phenols is 1. The fourth-order valence-corrected chi connectivity index (χ4v) is 3.25. The van der Waals surface area contributed by atoms with E-state index in [1.807, 2.05) is 26.2 Å². The van der Waals surface area contributed by atoms with E-state index < -0.39 is 0 Å². The van der Waals surface area contributed by atoms with E-state index in [0.29, 0.717) is 16.4 Å². The number of aryl methyl sites for hydroxylation is 2. The standard InChI is InChI=1S/C15H15N5O2S2/c1-7-4-9(12(21)5-8(7)2)10-6-11(18-17-10)13(22)16-14-19-20-15(23-3)24-14/h4-6,21H,1-3H3,(H,17,18)(H,16,19,22). The number of anilines is 1. The maximum absolute atomic E-state index is 12.2. The van der Waals surface area contributed by atoms with E-state index in [2.05, 4.69) is 25.7 Å². The van der Waals surface area contributed by atoms with Crippen LogP contribution in [0.5, 0.6) is 5.75 Å². The van der Waals surface area contributed by atoms with Crippen LogP contribution in [0.2, 0.25) is 0 Å². The molecule has 0 fully saturated rings. The molecular weight excluding hydrogens is 346 g/mol. The van der Waals surface area contributed by atoms with Crippen molar-refractivity contribution in [1.29, 1.82) is 0 Å². The minimum Gasteiger partial charge on any atom is -0.507 e. The fraction of sp³-hybridized carbons (Fsp3) is 0.200. The number of nitrogens with one attached hydrogen (secondary N) is 2. The summed E-state index contributed by atoms with van der Waals surface area (Å²) in [6.45, 7) is 3.88. The number of H-pyrrole nitrogens is 1. The number of thioether (sulfide) groups is 1. The lowest BCUT2D eigenvalue weighted by Gasteiger charge is -2.05. The van der Waals surface area contributed by atoms with Gasteiger partial charge >= 0.3 is 0 Å². The maximum Gasteiger partial charge on any atom is 0.275 e. The predicted octanol–water partition coefficient (Wildman–Crippen LogP) is 3.22. The molecule has 0 spiro atoms. The van der Waals surface area contributed by atoms with Gasteiger partial charge in [0.05, 0.1) is 5.69 Å². The van der Waals surface area contributed by atoms with Gasteiger partial charge in [-0.15, -0.1) is 10.2 Å². The Balaban J connectivity index is 1.82. The number of nitrogens with zero attached hydrogens (tertiary/aromatic N) is 3. The van der Waals surface area contributed by atoms with Gasteiger partial charge < -0.3 is 5.11 Å². The molecule has 3 aromatic rings. The number of aromatic amines is 1. The molecule has 2 heterocycles. The highest BCUT2D eigenvalue weighted by Crippen LogP contribution is 2.31. The summed E-state index contributed by atoms with van der Waals surface area (Å²) in [4.78, 5) is 12.2. The highest BCUT2D eigenvalue weighted by Gasteiger charge is 2.16. The first-order valence-corrected chi connectivity index (χ1v) is 9.07. The topological polar surface area (TPSA) is 104 Å². The number of amides is 1. The van der Waals surface area contributed by atoms with E-state index >= 15 is 0 Å². The van der Waals surface area contributed by atoms with E-state index in [4.69, 9.17) is 0 Å². The van der Waals surface area contributed by atoms with Crippen molar-refractivity contribution in [2.75, 3.05) is 11.6 Å². The van der Waals surface area contributed by atoms with Crippen LogP contribution in [0.15, 0.2) is 22.5 Å². The first-order valence-electron chi connectivity index (χ1n) is 7.02. The molecule has 0 saturated carbocycles. The van der Waals surface area contributed by atoms with Crippen molar-refractivity contribution in [1.82, 2.24) is 20.4 Å². The molecule has 124 valence electrons. The molecule has 2 aromatic heterocycles. The van der Waals surface area contributed by atoms with Crippen LogP contribution in [-0.2, 0) is 0 Å². The molecule has 0 aliphatic rings. The van der Waals surface area contributed by atoms with Crippen molar-refractivity contribution in [2.24, 2.45) is 0 Å². The summed E-state index contributed by atoms with van der Waals surface area (Å²) in [5, 5.41) is 27.8. The Labute approximate surface area is 146 Å². The van der Waals surface area contributed by atoms with Crippen LogP contribution in [0.1, 0.15) is 21.6 Å². The zero-order valence-corrected chi connectivity index (χ0v) is 14.9. The molecule has 0 bridgehead atoms. The SMILES string of the molecule is CSc1nnc(NC(=O)c2cc(-c3cc(C)c(C)cc3O)n[nH]2)s1. The maximum atomic E-state index is 12.2. The summed E-state index contributed by atoms with van der Waals surface area (Å²) in [6.07, 6.45) is 1.89. The van der Waals surface area contributed by atoms with Crippen molar-refractivity contribution < 1.29 is 9.90 Å². The first kappa shape index (κ1) is 16.5. The fourth-order valence-electron chi connectivity index (χ4n) is 2.09. The Morgan fingerprint density at radius 3 is 2.71 bits per heavy atom. The number of rotatable bonds is 4. The number of phenolic OH excluding ortho intramolecular Hbond substituents is 1. The van der Waals surface area contributed by atoms with Gasteiger partial charge in [0.1, 0.15) is 11.4 Å². The number of hydrogen-bond acceptors (Lipinski definition) is 7. The molecule has 9 heteroatoms. The van der Waals surface area contributed by atoms with E-state index in [1.165, 1.54) is 23.1 Å². The minimum absolute atomic E-state index is 0.130. The second-order valence-electron chi connectivity index (χ2n) is 5.15. The number of carbonyl (C=O) groups excluding carboxylic acids is 1. The number of aromatic nitrogens is 4. The molecule has 1 aromatic carbocycles.